The third-order valence-electron chi connectivity index (χ3n) is 1.32. The van der Waals surface area contributed by atoms with Crippen LogP contribution in [-0.4, -0.2) is 38.8 Å². The van der Waals surface area contributed by atoms with Gasteiger partial charge in [0.2, 0.25) is 5.91 Å². The number of hydrogen-bond donors (Lipinski definition) is 2. The third kappa shape index (κ3) is 8.79. The van der Waals surface area contributed by atoms with Gasteiger partial charge in [-0.3, -0.25) is 4.79 Å². The van der Waals surface area contributed by atoms with E-state index in [1.165, 1.54) is 0 Å². The molecule has 3 N–H and O–H groups in total. The Bertz CT molecular complexity index is 202. The van der Waals surface area contributed by atoms with Crippen molar-refractivity contribution in [3.63, 3.8) is 0 Å². The Labute approximate surface area is 82.2 Å². The molecule has 0 atom stereocenters. The van der Waals surface area contributed by atoms with E-state index in [0.29, 0.717) is 32.7 Å². The zero-order valence-electron chi connectivity index (χ0n) is 7.98. The first kappa shape index (κ1) is 12.7. The molecule has 0 saturated heterocycles. The summed E-state index contributed by atoms with van der Waals surface area (Å²) < 4.78 is 4.90. The van der Waals surface area contributed by atoms with Crippen LogP contribution in [0.4, 0.5) is 0 Å². The first-order valence-electron chi connectivity index (χ1n) is 4.36. The van der Waals surface area contributed by atoms with Crippen LogP contribution in [0.25, 0.3) is 10.4 Å². The van der Waals surface area contributed by atoms with Gasteiger partial charge >= 0.3 is 0 Å². The molecule has 80 valence electrons. The van der Waals surface area contributed by atoms with Crippen LogP contribution in [0.3, 0.4) is 0 Å². The van der Waals surface area contributed by atoms with Crippen molar-refractivity contribution in [3.8, 4) is 0 Å². The molecule has 0 bridgehead atoms. The summed E-state index contributed by atoms with van der Waals surface area (Å²) in [5.41, 5.74) is 13.1. The number of carbonyl (C=O) groups excluding carboxylic acids is 1. The van der Waals surface area contributed by atoms with Crippen molar-refractivity contribution >= 4 is 5.91 Å². The first-order valence-corrected chi connectivity index (χ1v) is 4.36. The second-order valence-electron chi connectivity index (χ2n) is 2.50. The van der Waals surface area contributed by atoms with E-state index < -0.39 is 0 Å². The van der Waals surface area contributed by atoms with E-state index >= 15 is 0 Å². The molecule has 0 aliphatic heterocycles. The lowest BCUT2D eigenvalue weighted by Gasteiger charge is -2.03. The lowest BCUT2D eigenvalue weighted by molar-refractivity contribution is -0.125. The van der Waals surface area contributed by atoms with E-state index in [1.807, 2.05) is 0 Å². The predicted octanol–water partition coefficient (Wildman–Crippen LogP) is -0.222. The quantitative estimate of drug-likeness (QED) is 0.245. The van der Waals surface area contributed by atoms with Gasteiger partial charge in [0.15, 0.2) is 0 Å². The molecule has 0 fully saturated rings. The van der Waals surface area contributed by atoms with Gasteiger partial charge in [-0.25, -0.2) is 0 Å². The summed E-state index contributed by atoms with van der Waals surface area (Å²) in [5, 5.41) is 5.94. The highest BCUT2D eigenvalue weighted by Crippen LogP contribution is 1.80. The number of carbonyl (C=O) groups is 1. The Kier molecular flexibility index (Phi) is 8.88. The van der Waals surface area contributed by atoms with Crippen LogP contribution >= 0.6 is 0 Å². The molecule has 0 aliphatic rings. The molecule has 0 aliphatic carbocycles. The third-order valence-corrected chi connectivity index (χ3v) is 1.32. The molecule has 0 spiro atoms. The van der Waals surface area contributed by atoms with Crippen molar-refractivity contribution in [1.82, 2.24) is 5.32 Å². The number of nitrogens with zero attached hydrogens (tertiary/aromatic N) is 3. The molecule has 7 heteroatoms. The second-order valence-corrected chi connectivity index (χ2v) is 2.50. The van der Waals surface area contributed by atoms with E-state index in [9.17, 15) is 4.79 Å². The number of amides is 1. The Balaban J connectivity index is 3.22. The molecule has 0 saturated carbocycles. The van der Waals surface area contributed by atoms with Gasteiger partial charge in [0.05, 0.1) is 6.61 Å². The highest BCUT2D eigenvalue weighted by Gasteiger charge is 1.98. The molecule has 0 rings (SSSR count). The fraction of sp³-hybridized carbons (Fsp3) is 0.857. The Morgan fingerprint density at radius 2 is 2.43 bits per heavy atom. The Morgan fingerprint density at radius 1 is 1.64 bits per heavy atom. The minimum absolute atomic E-state index is 0.0265. The van der Waals surface area contributed by atoms with Crippen LogP contribution in [0.5, 0.6) is 0 Å². The summed E-state index contributed by atoms with van der Waals surface area (Å²) >= 11 is 0. The number of nitrogens with one attached hydrogen (secondary N) is 1. The average Bonchev–Trinajstić information content (AvgIpc) is 2.18. The molecule has 14 heavy (non-hydrogen) atoms. The van der Waals surface area contributed by atoms with E-state index in [0.717, 1.165) is 0 Å². The summed E-state index contributed by atoms with van der Waals surface area (Å²) in [4.78, 5) is 13.6. The van der Waals surface area contributed by atoms with Crippen molar-refractivity contribution in [1.29, 1.82) is 0 Å². The average molecular weight is 201 g/mol. The van der Waals surface area contributed by atoms with Crippen molar-refractivity contribution in [2.24, 2.45) is 10.8 Å². The molecule has 0 radical (unpaired) electrons. The highest BCUT2D eigenvalue weighted by atomic mass is 16.5. The SMILES string of the molecule is [N-]=[N+]=NCCCNC(=O)COCCN. The van der Waals surface area contributed by atoms with E-state index in [4.69, 9.17) is 16.0 Å². The maximum Gasteiger partial charge on any atom is 0.245 e. The molecule has 0 aromatic carbocycles. The van der Waals surface area contributed by atoms with Gasteiger partial charge in [0.25, 0.3) is 0 Å². The van der Waals surface area contributed by atoms with Crippen LogP contribution < -0.4 is 11.1 Å². The molecule has 1 amide bonds. The summed E-state index contributed by atoms with van der Waals surface area (Å²) in [7, 11) is 0. The fourth-order valence-corrected chi connectivity index (χ4v) is 0.722. The van der Waals surface area contributed by atoms with Crippen molar-refractivity contribution in [2.45, 2.75) is 6.42 Å². The molecule has 0 unspecified atom stereocenters. The fourth-order valence-electron chi connectivity index (χ4n) is 0.722. The summed E-state index contributed by atoms with van der Waals surface area (Å²) in [6, 6.07) is 0. The van der Waals surface area contributed by atoms with Gasteiger partial charge in [0.1, 0.15) is 6.61 Å². The molecular weight excluding hydrogens is 186 g/mol. The van der Waals surface area contributed by atoms with Gasteiger partial charge in [-0.2, -0.15) is 0 Å². The van der Waals surface area contributed by atoms with Gasteiger partial charge in [-0.05, 0) is 12.0 Å². The predicted molar refractivity (Wildman–Crippen MR) is 51.5 cm³/mol. The summed E-state index contributed by atoms with van der Waals surface area (Å²) in [5.74, 6) is -0.181. The first-order chi connectivity index (χ1) is 6.81. The van der Waals surface area contributed by atoms with Crippen LogP contribution in [-0.2, 0) is 9.53 Å². The van der Waals surface area contributed by atoms with Crippen LogP contribution in [0.1, 0.15) is 6.42 Å². The minimum atomic E-state index is -0.181. The number of azide groups is 1. The highest BCUT2D eigenvalue weighted by molar-refractivity contribution is 5.77. The normalized spacial score (nSPS) is 9.21. The second kappa shape index (κ2) is 9.79. The topological polar surface area (TPSA) is 113 Å². The lowest BCUT2D eigenvalue weighted by Crippen LogP contribution is -2.29. The maximum atomic E-state index is 11.0. The van der Waals surface area contributed by atoms with Gasteiger partial charge in [-0.15, -0.1) is 0 Å². The van der Waals surface area contributed by atoms with E-state index in [2.05, 4.69) is 15.3 Å². The standard InChI is InChI=1S/C7H15N5O2/c8-2-5-14-6-7(13)10-3-1-4-11-12-9/h1-6,8H2,(H,10,13). The van der Waals surface area contributed by atoms with E-state index in [-0.39, 0.29) is 12.5 Å². The summed E-state index contributed by atoms with van der Waals surface area (Å²) in [6.07, 6.45) is 0.632. The Morgan fingerprint density at radius 3 is 3.07 bits per heavy atom. The number of hydrogen-bond acceptors (Lipinski definition) is 4. The minimum Gasteiger partial charge on any atom is -0.370 e. The van der Waals surface area contributed by atoms with Crippen LogP contribution in [0.2, 0.25) is 0 Å². The molecule has 0 aromatic heterocycles. The Hall–Kier alpha value is -1.30. The van der Waals surface area contributed by atoms with Crippen LogP contribution in [0, 0.1) is 0 Å². The number of nitrogens with two attached hydrogens (primary N) is 1. The lowest BCUT2D eigenvalue weighted by atomic mass is 10.4. The van der Waals surface area contributed by atoms with Gasteiger partial charge in [0, 0.05) is 24.5 Å². The van der Waals surface area contributed by atoms with Crippen molar-refractivity contribution in [2.75, 3.05) is 32.8 Å². The monoisotopic (exact) mass is 201 g/mol. The molecule has 7 nitrogen and oxygen atoms in total. The number of ether oxygens (including phenoxy) is 1. The van der Waals surface area contributed by atoms with E-state index in [1.54, 1.807) is 0 Å². The molecule has 0 heterocycles. The number of rotatable bonds is 8. The maximum absolute atomic E-state index is 11.0. The van der Waals surface area contributed by atoms with Gasteiger partial charge in [-0.1, -0.05) is 5.11 Å². The molecular formula is C7H15N5O2. The van der Waals surface area contributed by atoms with Crippen molar-refractivity contribution in [3.05, 3.63) is 10.4 Å². The van der Waals surface area contributed by atoms with Gasteiger partial charge < -0.3 is 15.8 Å². The zero-order valence-corrected chi connectivity index (χ0v) is 7.98. The largest absolute Gasteiger partial charge is 0.370 e. The smallest absolute Gasteiger partial charge is 0.245 e. The molecule has 0 aromatic rings. The van der Waals surface area contributed by atoms with Crippen LogP contribution in [0.15, 0.2) is 5.11 Å². The zero-order chi connectivity index (χ0) is 10.6. The summed E-state index contributed by atoms with van der Waals surface area (Å²) in [6.45, 7) is 1.69. The van der Waals surface area contributed by atoms with Crippen molar-refractivity contribution < 1.29 is 9.53 Å².